The maximum Gasteiger partial charge on any atom is 0.118 e. The molecule has 6 rings (SSSR count). The molecule has 8 unspecified atom stereocenters. The van der Waals surface area contributed by atoms with Gasteiger partial charge in [-0.05, 0) is 65.5 Å². The Morgan fingerprint density at radius 3 is 2.59 bits per heavy atom. The van der Waals surface area contributed by atoms with Crippen molar-refractivity contribution >= 4 is 0 Å². The van der Waals surface area contributed by atoms with Gasteiger partial charge < -0.3 is 14.8 Å². The molecule has 1 aliphatic carbocycles. The molecule has 6 aliphatic rings. The van der Waals surface area contributed by atoms with Crippen LogP contribution in [0.4, 0.5) is 0 Å². The Bertz CT molecular complexity index is 711. The Morgan fingerprint density at radius 1 is 1.00 bits per heavy atom. The van der Waals surface area contributed by atoms with Gasteiger partial charge in [-0.1, -0.05) is 0 Å². The van der Waals surface area contributed by atoms with E-state index in [4.69, 9.17) is 9.47 Å². The van der Waals surface area contributed by atoms with Crippen molar-refractivity contribution < 1.29 is 9.47 Å². The number of nitrogens with one attached hydrogen (secondary N) is 3. The number of hydrazine groups is 1. The van der Waals surface area contributed by atoms with Crippen molar-refractivity contribution in [3.05, 3.63) is 0 Å². The first-order valence-electron chi connectivity index (χ1n) is 13.8. The Hall–Kier alpha value is -0.360. The lowest BCUT2D eigenvalue weighted by Gasteiger charge is -2.56. The third-order valence-corrected chi connectivity index (χ3v) is 10.2. The third kappa shape index (κ3) is 4.15. The van der Waals surface area contributed by atoms with Crippen LogP contribution >= 0.6 is 0 Å². The molecule has 5 saturated heterocycles. The van der Waals surface area contributed by atoms with Gasteiger partial charge in [0.25, 0.3) is 0 Å². The molecule has 0 aromatic rings. The number of likely N-dealkylation sites (N-methyl/N-ethyl adjacent to an activating group) is 2. The summed E-state index contributed by atoms with van der Waals surface area (Å²) in [6.45, 7) is 8.26. The van der Waals surface area contributed by atoms with E-state index in [-0.39, 0.29) is 18.0 Å². The van der Waals surface area contributed by atoms with Crippen molar-refractivity contribution in [2.45, 2.75) is 93.8 Å². The minimum Gasteiger partial charge on any atom is -0.373 e. The van der Waals surface area contributed by atoms with Gasteiger partial charge in [-0.3, -0.25) is 25.4 Å². The van der Waals surface area contributed by atoms with E-state index in [1.54, 1.807) is 0 Å². The van der Waals surface area contributed by atoms with E-state index in [0.29, 0.717) is 30.3 Å². The fraction of sp³-hybridized carbons (Fsp3) is 1.00. The van der Waals surface area contributed by atoms with Gasteiger partial charge in [0, 0.05) is 64.0 Å². The molecule has 0 radical (unpaired) electrons. The van der Waals surface area contributed by atoms with Gasteiger partial charge in [0.1, 0.15) is 12.4 Å². The van der Waals surface area contributed by atoms with Crippen molar-refractivity contribution in [1.29, 1.82) is 0 Å². The zero-order valence-corrected chi connectivity index (χ0v) is 21.7. The number of nitrogens with zero attached hydrogens (tertiary/aromatic N) is 4. The monoisotopic (exact) mass is 477 g/mol. The van der Waals surface area contributed by atoms with Gasteiger partial charge >= 0.3 is 0 Å². The lowest BCUT2D eigenvalue weighted by atomic mass is 9.79. The van der Waals surface area contributed by atoms with Crippen LogP contribution in [-0.2, 0) is 9.47 Å². The van der Waals surface area contributed by atoms with Crippen LogP contribution in [0.3, 0.4) is 0 Å². The zero-order chi connectivity index (χ0) is 23.4. The third-order valence-electron chi connectivity index (χ3n) is 10.2. The number of piperidine rings is 1. The predicted octanol–water partition coefficient (Wildman–Crippen LogP) is 0.0506. The van der Waals surface area contributed by atoms with Gasteiger partial charge in [0.2, 0.25) is 0 Å². The molecular weight excluding hydrogens is 430 g/mol. The van der Waals surface area contributed by atoms with E-state index >= 15 is 0 Å². The molecule has 194 valence electrons. The average molecular weight is 478 g/mol. The standard InChI is InChI=1S/C25H47N7O2/c1-17-19-6-5-18(15-20(19)28-31(17)4)27-24-29(2)21-7-13-33-22(21)23(30(24)3)32-11-8-25(9-12-32)16-26-10-14-34-25/h17-24,26-28H,5-16H2,1-4H3. The van der Waals surface area contributed by atoms with Gasteiger partial charge in [-0.15, -0.1) is 0 Å². The Kier molecular flexibility index (Phi) is 6.71. The van der Waals surface area contributed by atoms with Crippen LogP contribution in [0.5, 0.6) is 0 Å². The summed E-state index contributed by atoms with van der Waals surface area (Å²) >= 11 is 0. The Labute approximate surface area is 205 Å². The maximum atomic E-state index is 6.41. The number of morpholine rings is 1. The van der Waals surface area contributed by atoms with Crippen molar-refractivity contribution in [1.82, 2.24) is 35.8 Å². The number of fused-ring (bicyclic) bond motifs is 2. The molecule has 0 aromatic heterocycles. The number of hydrogen-bond acceptors (Lipinski definition) is 9. The molecule has 5 aliphatic heterocycles. The highest BCUT2D eigenvalue weighted by atomic mass is 16.5. The molecule has 34 heavy (non-hydrogen) atoms. The number of ether oxygens (including phenoxy) is 2. The van der Waals surface area contributed by atoms with Gasteiger partial charge in [0.05, 0.1) is 18.4 Å². The summed E-state index contributed by atoms with van der Waals surface area (Å²) in [7, 11) is 6.82. The number of likely N-dealkylation sites (tertiary alicyclic amines) is 1. The highest BCUT2D eigenvalue weighted by Crippen LogP contribution is 2.38. The van der Waals surface area contributed by atoms with E-state index in [0.717, 1.165) is 64.6 Å². The molecule has 0 amide bonds. The summed E-state index contributed by atoms with van der Waals surface area (Å²) in [6.07, 6.45) is 7.97. The van der Waals surface area contributed by atoms with E-state index < -0.39 is 0 Å². The van der Waals surface area contributed by atoms with Crippen molar-refractivity contribution in [2.24, 2.45) is 5.92 Å². The molecule has 6 fully saturated rings. The molecule has 5 heterocycles. The van der Waals surface area contributed by atoms with Gasteiger partial charge in [-0.2, -0.15) is 0 Å². The first kappa shape index (κ1) is 24.0. The second-order valence-corrected chi connectivity index (χ2v) is 12.0. The molecule has 1 saturated carbocycles. The van der Waals surface area contributed by atoms with E-state index in [1.807, 2.05) is 0 Å². The van der Waals surface area contributed by atoms with E-state index in [9.17, 15) is 0 Å². The summed E-state index contributed by atoms with van der Waals surface area (Å²) < 4.78 is 12.7. The minimum absolute atomic E-state index is 0.0452. The molecule has 0 bridgehead atoms. The second kappa shape index (κ2) is 9.50. The number of rotatable bonds is 3. The lowest BCUT2D eigenvalue weighted by molar-refractivity contribution is -0.181. The summed E-state index contributed by atoms with van der Waals surface area (Å²) in [5, 5.41) is 10.0. The Morgan fingerprint density at radius 2 is 1.82 bits per heavy atom. The predicted molar refractivity (Wildman–Crippen MR) is 132 cm³/mol. The SMILES string of the molecule is CC1C2CCC(NC3N(C)C4CCOC4C(N4CCC5(CC4)CNCCO5)N3C)CC2NN1C. The highest BCUT2D eigenvalue weighted by molar-refractivity contribution is 5.03. The fourth-order valence-electron chi connectivity index (χ4n) is 8.04. The minimum atomic E-state index is 0.0452. The molecule has 0 aromatic carbocycles. The summed E-state index contributed by atoms with van der Waals surface area (Å²) in [4.78, 5) is 7.84. The normalized spacial score (nSPS) is 46.6. The van der Waals surface area contributed by atoms with Crippen LogP contribution in [0, 0.1) is 5.92 Å². The average Bonchev–Trinajstić information content (AvgIpc) is 3.43. The molecule has 9 nitrogen and oxygen atoms in total. The van der Waals surface area contributed by atoms with Gasteiger partial charge in [0.15, 0.2) is 0 Å². The lowest BCUT2D eigenvalue weighted by Crippen LogP contribution is -2.74. The second-order valence-electron chi connectivity index (χ2n) is 12.0. The Balaban J connectivity index is 1.14. The fourth-order valence-corrected chi connectivity index (χ4v) is 8.04. The first-order valence-corrected chi connectivity index (χ1v) is 13.8. The first-order chi connectivity index (χ1) is 16.5. The maximum absolute atomic E-state index is 6.41. The summed E-state index contributed by atoms with van der Waals surface area (Å²) in [6, 6.07) is 2.27. The number of hydrogen-bond donors (Lipinski definition) is 3. The topological polar surface area (TPSA) is 67.5 Å². The van der Waals surface area contributed by atoms with Crippen molar-refractivity contribution in [3.8, 4) is 0 Å². The summed E-state index contributed by atoms with van der Waals surface area (Å²) in [5.41, 5.74) is 3.79. The van der Waals surface area contributed by atoms with Crippen molar-refractivity contribution in [3.63, 3.8) is 0 Å². The van der Waals surface area contributed by atoms with Crippen LogP contribution in [0.15, 0.2) is 0 Å². The van der Waals surface area contributed by atoms with E-state index in [1.165, 1.54) is 19.3 Å². The molecule has 1 spiro atoms. The van der Waals surface area contributed by atoms with Crippen LogP contribution in [0.1, 0.15) is 45.4 Å². The smallest absolute Gasteiger partial charge is 0.118 e. The highest BCUT2D eigenvalue weighted by Gasteiger charge is 2.52. The van der Waals surface area contributed by atoms with Crippen LogP contribution in [-0.4, -0.2) is 129 Å². The van der Waals surface area contributed by atoms with Crippen molar-refractivity contribution in [2.75, 3.05) is 60.5 Å². The largest absolute Gasteiger partial charge is 0.373 e. The van der Waals surface area contributed by atoms with E-state index in [2.05, 4.69) is 63.8 Å². The van der Waals surface area contributed by atoms with Gasteiger partial charge in [-0.25, -0.2) is 5.01 Å². The summed E-state index contributed by atoms with van der Waals surface area (Å²) in [5.74, 6) is 0.780. The molecule has 3 N–H and O–H groups in total. The van der Waals surface area contributed by atoms with Crippen LogP contribution in [0.25, 0.3) is 0 Å². The molecule has 9 heteroatoms. The molecular formula is C25H47N7O2. The van der Waals surface area contributed by atoms with Crippen LogP contribution in [0.2, 0.25) is 0 Å². The van der Waals surface area contributed by atoms with Crippen LogP contribution < -0.4 is 16.1 Å². The zero-order valence-electron chi connectivity index (χ0n) is 21.7. The quantitative estimate of drug-likeness (QED) is 0.523. The molecule has 8 atom stereocenters.